The minimum Gasteiger partial charge on any atom is -0.356 e. The van der Waals surface area contributed by atoms with Gasteiger partial charge in [-0.3, -0.25) is 4.79 Å². The van der Waals surface area contributed by atoms with E-state index in [1.807, 2.05) is 67.6 Å². The summed E-state index contributed by atoms with van der Waals surface area (Å²) < 4.78 is 6.09. The van der Waals surface area contributed by atoms with Gasteiger partial charge in [-0.2, -0.15) is 0 Å². The summed E-state index contributed by atoms with van der Waals surface area (Å²) in [6.45, 7) is 2.37. The van der Waals surface area contributed by atoms with Gasteiger partial charge in [0.25, 0.3) is 5.91 Å². The standard InChI is InChI=1S/C18H21NO2/c1-3-18(17(20)19-2,16-12-8-5-9-13-16)21-14-15-10-6-4-7-11-15/h4-13H,3,14H2,1-2H3,(H,19,20)/t18-/m0/s1. The molecule has 3 heteroatoms. The van der Waals surface area contributed by atoms with Crippen molar-refractivity contribution >= 4 is 5.91 Å². The molecule has 0 bridgehead atoms. The Hall–Kier alpha value is -2.13. The SMILES string of the molecule is CC[C@@](OCc1ccccc1)(C(=O)NC)c1ccccc1. The number of benzene rings is 2. The first-order valence-electron chi connectivity index (χ1n) is 7.18. The van der Waals surface area contributed by atoms with Gasteiger partial charge in [0.2, 0.25) is 0 Å². The quantitative estimate of drug-likeness (QED) is 0.883. The van der Waals surface area contributed by atoms with E-state index < -0.39 is 5.60 Å². The van der Waals surface area contributed by atoms with Gasteiger partial charge in [0.1, 0.15) is 0 Å². The Bertz CT molecular complexity index is 568. The molecule has 0 aliphatic heterocycles. The molecule has 3 nitrogen and oxygen atoms in total. The molecule has 0 aliphatic carbocycles. The van der Waals surface area contributed by atoms with Crippen LogP contribution in [0.3, 0.4) is 0 Å². The zero-order valence-electron chi connectivity index (χ0n) is 12.5. The third kappa shape index (κ3) is 3.31. The van der Waals surface area contributed by atoms with E-state index in [1.54, 1.807) is 7.05 Å². The van der Waals surface area contributed by atoms with Gasteiger partial charge in [-0.05, 0) is 17.5 Å². The summed E-state index contributed by atoms with van der Waals surface area (Å²) in [6.07, 6.45) is 0.573. The maximum Gasteiger partial charge on any atom is 0.256 e. The Morgan fingerprint density at radius 2 is 1.62 bits per heavy atom. The van der Waals surface area contributed by atoms with Crippen LogP contribution in [0, 0.1) is 0 Å². The molecule has 1 amide bonds. The van der Waals surface area contributed by atoms with Gasteiger partial charge >= 0.3 is 0 Å². The van der Waals surface area contributed by atoms with Crippen molar-refractivity contribution in [2.24, 2.45) is 0 Å². The predicted octanol–water partition coefficient (Wildman–Crippen LogP) is 3.25. The monoisotopic (exact) mass is 283 g/mol. The van der Waals surface area contributed by atoms with E-state index in [1.165, 1.54) is 0 Å². The van der Waals surface area contributed by atoms with Crippen LogP contribution in [-0.4, -0.2) is 13.0 Å². The van der Waals surface area contributed by atoms with E-state index in [0.29, 0.717) is 13.0 Å². The van der Waals surface area contributed by atoms with E-state index in [2.05, 4.69) is 5.32 Å². The van der Waals surface area contributed by atoms with Gasteiger partial charge in [-0.1, -0.05) is 67.6 Å². The van der Waals surface area contributed by atoms with E-state index in [4.69, 9.17) is 4.74 Å². The first-order chi connectivity index (χ1) is 10.2. The van der Waals surface area contributed by atoms with Gasteiger partial charge in [-0.25, -0.2) is 0 Å². The van der Waals surface area contributed by atoms with Crippen LogP contribution in [0.15, 0.2) is 60.7 Å². The number of rotatable bonds is 6. The van der Waals surface area contributed by atoms with Crippen LogP contribution in [-0.2, 0) is 21.7 Å². The lowest BCUT2D eigenvalue weighted by atomic mass is 9.89. The minimum absolute atomic E-state index is 0.118. The molecule has 2 rings (SSSR count). The number of carbonyl (C=O) groups excluding carboxylic acids is 1. The maximum absolute atomic E-state index is 12.5. The van der Waals surface area contributed by atoms with Crippen LogP contribution in [0.2, 0.25) is 0 Å². The molecule has 21 heavy (non-hydrogen) atoms. The Labute approximate surface area is 126 Å². The zero-order valence-corrected chi connectivity index (χ0v) is 12.5. The van der Waals surface area contributed by atoms with E-state index in [0.717, 1.165) is 11.1 Å². The van der Waals surface area contributed by atoms with Crippen LogP contribution in [0.25, 0.3) is 0 Å². The Kier molecular flexibility index (Phi) is 5.12. The Morgan fingerprint density at radius 3 is 2.14 bits per heavy atom. The second-order valence-electron chi connectivity index (χ2n) is 4.90. The lowest BCUT2D eigenvalue weighted by Gasteiger charge is -2.31. The van der Waals surface area contributed by atoms with Crippen molar-refractivity contribution in [3.63, 3.8) is 0 Å². The average Bonchev–Trinajstić information content (AvgIpc) is 2.57. The molecule has 0 saturated heterocycles. The molecule has 0 aromatic heterocycles. The van der Waals surface area contributed by atoms with Crippen molar-refractivity contribution in [1.29, 1.82) is 0 Å². The summed E-state index contributed by atoms with van der Waals surface area (Å²) in [6, 6.07) is 19.5. The lowest BCUT2D eigenvalue weighted by Crippen LogP contribution is -2.44. The van der Waals surface area contributed by atoms with Crippen LogP contribution in [0.4, 0.5) is 0 Å². The van der Waals surface area contributed by atoms with Gasteiger partial charge in [0.15, 0.2) is 5.60 Å². The normalized spacial score (nSPS) is 13.4. The highest BCUT2D eigenvalue weighted by Gasteiger charge is 2.39. The topological polar surface area (TPSA) is 38.3 Å². The minimum atomic E-state index is -0.953. The first kappa shape index (κ1) is 15.3. The number of hydrogen-bond acceptors (Lipinski definition) is 2. The second-order valence-corrected chi connectivity index (χ2v) is 4.90. The number of hydrogen-bond donors (Lipinski definition) is 1. The van der Waals surface area contributed by atoms with Gasteiger partial charge in [0.05, 0.1) is 6.61 Å². The second kappa shape index (κ2) is 7.04. The molecule has 0 spiro atoms. The average molecular weight is 283 g/mol. The van der Waals surface area contributed by atoms with Gasteiger partial charge < -0.3 is 10.1 Å². The largest absolute Gasteiger partial charge is 0.356 e. The molecule has 0 radical (unpaired) electrons. The molecule has 1 atom stereocenters. The third-order valence-corrected chi connectivity index (χ3v) is 3.66. The number of ether oxygens (including phenoxy) is 1. The smallest absolute Gasteiger partial charge is 0.256 e. The number of likely N-dealkylation sites (N-methyl/N-ethyl adjacent to an activating group) is 1. The molecule has 2 aromatic rings. The highest BCUT2D eigenvalue weighted by Crippen LogP contribution is 2.31. The fourth-order valence-corrected chi connectivity index (χ4v) is 2.44. The highest BCUT2D eigenvalue weighted by molar-refractivity contribution is 5.86. The van der Waals surface area contributed by atoms with Crippen molar-refractivity contribution in [3.05, 3.63) is 71.8 Å². The molecule has 1 N–H and O–H groups in total. The maximum atomic E-state index is 12.5. The summed E-state index contributed by atoms with van der Waals surface area (Å²) in [5.74, 6) is -0.118. The Balaban J connectivity index is 2.30. The van der Waals surface area contributed by atoms with E-state index in [9.17, 15) is 4.79 Å². The highest BCUT2D eigenvalue weighted by atomic mass is 16.5. The molecular formula is C18H21NO2. The van der Waals surface area contributed by atoms with Crippen molar-refractivity contribution in [3.8, 4) is 0 Å². The molecule has 0 aliphatic rings. The number of amides is 1. The summed E-state index contributed by atoms with van der Waals surface area (Å²) >= 11 is 0. The van der Waals surface area contributed by atoms with Crippen LogP contribution < -0.4 is 5.32 Å². The van der Waals surface area contributed by atoms with Crippen molar-refractivity contribution in [2.45, 2.75) is 25.6 Å². The van der Waals surface area contributed by atoms with Crippen LogP contribution in [0.5, 0.6) is 0 Å². The number of carbonyl (C=O) groups is 1. The fraction of sp³-hybridized carbons (Fsp3) is 0.278. The third-order valence-electron chi connectivity index (χ3n) is 3.66. The van der Waals surface area contributed by atoms with Crippen molar-refractivity contribution in [1.82, 2.24) is 5.32 Å². The molecule has 110 valence electrons. The molecule has 0 fully saturated rings. The van der Waals surface area contributed by atoms with Gasteiger partial charge in [0, 0.05) is 7.05 Å². The Morgan fingerprint density at radius 1 is 1.05 bits per heavy atom. The zero-order chi connectivity index (χ0) is 15.1. The molecule has 0 unspecified atom stereocenters. The predicted molar refractivity (Wildman–Crippen MR) is 83.7 cm³/mol. The summed E-state index contributed by atoms with van der Waals surface area (Å²) in [5.41, 5.74) is 0.976. The van der Waals surface area contributed by atoms with E-state index >= 15 is 0 Å². The van der Waals surface area contributed by atoms with E-state index in [-0.39, 0.29) is 5.91 Å². The lowest BCUT2D eigenvalue weighted by molar-refractivity contribution is -0.151. The fourth-order valence-electron chi connectivity index (χ4n) is 2.44. The molecule has 0 heterocycles. The summed E-state index contributed by atoms with van der Waals surface area (Å²) in [5, 5.41) is 2.73. The molecule has 2 aromatic carbocycles. The summed E-state index contributed by atoms with van der Waals surface area (Å²) in [4.78, 5) is 12.5. The van der Waals surface area contributed by atoms with Gasteiger partial charge in [-0.15, -0.1) is 0 Å². The van der Waals surface area contributed by atoms with Crippen molar-refractivity contribution < 1.29 is 9.53 Å². The number of nitrogens with one attached hydrogen (secondary N) is 1. The van der Waals surface area contributed by atoms with Crippen molar-refractivity contribution in [2.75, 3.05) is 7.05 Å². The molecule has 0 saturated carbocycles. The van der Waals surface area contributed by atoms with Crippen LogP contribution >= 0.6 is 0 Å². The summed E-state index contributed by atoms with van der Waals surface area (Å²) in [7, 11) is 1.64. The first-order valence-corrected chi connectivity index (χ1v) is 7.18. The van der Waals surface area contributed by atoms with Crippen LogP contribution in [0.1, 0.15) is 24.5 Å². The molecular weight excluding hydrogens is 262 g/mol.